The Labute approximate surface area is 255 Å². The number of rotatable bonds is 7. The lowest BCUT2D eigenvalue weighted by atomic mass is 10.0. The molecule has 6 rings (SSSR count). The molecule has 0 radical (unpaired) electrons. The van der Waals surface area contributed by atoms with E-state index >= 15 is 0 Å². The van der Waals surface area contributed by atoms with Crippen LogP contribution in [0.2, 0.25) is 0 Å². The minimum atomic E-state index is -0.251. The molecule has 0 N–H and O–H groups in total. The maximum Gasteiger partial charge on any atom is 0.318 e. The van der Waals surface area contributed by atoms with Crippen molar-refractivity contribution in [1.29, 1.82) is 5.26 Å². The van der Waals surface area contributed by atoms with Crippen molar-refractivity contribution in [2.45, 2.75) is 51.2 Å². The van der Waals surface area contributed by atoms with Crippen LogP contribution in [0.4, 0.5) is 15.9 Å². The smallest absolute Gasteiger partial charge is 0.318 e. The first-order chi connectivity index (χ1) is 20.4. The minimum absolute atomic E-state index is 0.121. The molecule has 220 valence electrons. The number of hydrogen-bond donors (Lipinski definition) is 0. The minimum Gasteiger partial charge on any atom is -0.462 e. The van der Waals surface area contributed by atoms with E-state index in [1.165, 1.54) is 36.0 Å². The largest absolute Gasteiger partial charge is 0.462 e. The molecule has 4 heterocycles. The Balaban J connectivity index is 1.34. The number of hydrogen-bond acceptors (Lipinski definition) is 8. The number of aromatic nitrogens is 2. The second kappa shape index (κ2) is 12.4. The molecule has 2 aromatic carbocycles. The van der Waals surface area contributed by atoms with Crippen molar-refractivity contribution in [1.82, 2.24) is 19.8 Å². The Hall–Kier alpha value is -3.42. The number of fused-ring (bicyclic) bond motifs is 2. The molecule has 8 nitrogen and oxygen atoms in total. The van der Waals surface area contributed by atoms with Crippen molar-refractivity contribution in [2.75, 3.05) is 56.2 Å². The Kier molecular flexibility index (Phi) is 8.50. The predicted molar refractivity (Wildman–Crippen MR) is 167 cm³/mol. The van der Waals surface area contributed by atoms with Crippen molar-refractivity contribution < 1.29 is 9.13 Å². The summed E-state index contributed by atoms with van der Waals surface area (Å²) in [5, 5.41) is 11.9. The highest BCUT2D eigenvalue weighted by Gasteiger charge is 2.32. The van der Waals surface area contributed by atoms with Gasteiger partial charge >= 0.3 is 6.01 Å². The molecule has 2 fully saturated rings. The Morgan fingerprint density at radius 3 is 2.71 bits per heavy atom. The van der Waals surface area contributed by atoms with E-state index < -0.39 is 0 Å². The highest BCUT2D eigenvalue weighted by atomic mass is 79.9. The number of anilines is 2. The van der Waals surface area contributed by atoms with Crippen molar-refractivity contribution >= 4 is 38.2 Å². The molecule has 0 aliphatic carbocycles. The summed E-state index contributed by atoms with van der Waals surface area (Å²) in [6, 6.07) is 15.7. The van der Waals surface area contributed by atoms with Gasteiger partial charge in [-0.15, -0.1) is 0 Å². The summed E-state index contributed by atoms with van der Waals surface area (Å²) in [4.78, 5) is 18.9. The molecule has 3 aromatic rings. The van der Waals surface area contributed by atoms with Gasteiger partial charge in [-0.05, 0) is 57.3 Å². The van der Waals surface area contributed by atoms with E-state index in [1.54, 1.807) is 0 Å². The number of ether oxygens (including phenoxy) is 1. The van der Waals surface area contributed by atoms with E-state index in [0.29, 0.717) is 51.3 Å². The van der Waals surface area contributed by atoms with E-state index in [2.05, 4.69) is 80.1 Å². The third-order valence-electron chi connectivity index (χ3n) is 8.77. The monoisotopic (exact) mass is 633 g/mol. The maximum absolute atomic E-state index is 13.8. The van der Waals surface area contributed by atoms with Crippen molar-refractivity contribution in [2.24, 2.45) is 0 Å². The van der Waals surface area contributed by atoms with Crippen LogP contribution in [-0.2, 0) is 13.0 Å². The SMILES string of the molecule is CC(F)=CN1CCN(c2nc(OCC3CCCN3C)nc3c2CCN(c2cccc4cccc(Br)c24)C3)CC1CC#N. The molecule has 0 amide bonds. The predicted octanol–water partition coefficient (Wildman–Crippen LogP) is 5.66. The van der Waals surface area contributed by atoms with Crippen LogP contribution in [0, 0.1) is 11.3 Å². The molecule has 2 atom stereocenters. The van der Waals surface area contributed by atoms with Crippen molar-refractivity contribution in [3.8, 4) is 12.1 Å². The molecule has 1 aromatic heterocycles. The lowest BCUT2D eigenvalue weighted by Crippen LogP contribution is -2.51. The summed E-state index contributed by atoms with van der Waals surface area (Å²) in [5.41, 5.74) is 3.29. The van der Waals surface area contributed by atoms with Gasteiger partial charge in [0.25, 0.3) is 0 Å². The van der Waals surface area contributed by atoms with Crippen LogP contribution in [0.25, 0.3) is 10.8 Å². The molecule has 0 spiro atoms. The van der Waals surface area contributed by atoms with Gasteiger partial charge in [-0.1, -0.05) is 40.2 Å². The number of likely N-dealkylation sites (tertiary alicyclic amines) is 1. The number of benzene rings is 2. The zero-order valence-electron chi connectivity index (χ0n) is 24.3. The molecular weight excluding hydrogens is 597 g/mol. The third-order valence-corrected chi connectivity index (χ3v) is 9.43. The van der Waals surface area contributed by atoms with Gasteiger partial charge in [0, 0.05) is 59.5 Å². The fourth-order valence-corrected chi connectivity index (χ4v) is 7.15. The number of allylic oxidation sites excluding steroid dienone is 1. The fraction of sp³-hybridized carbons (Fsp3) is 0.469. The van der Waals surface area contributed by atoms with Crippen molar-refractivity contribution in [3.63, 3.8) is 0 Å². The normalized spacial score (nSPS) is 21.5. The van der Waals surface area contributed by atoms with Crippen LogP contribution in [0.3, 0.4) is 0 Å². The van der Waals surface area contributed by atoms with Gasteiger partial charge in [-0.25, -0.2) is 4.39 Å². The van der Waals surface area contributed by atoms with Crippen LogP contribution in [0.15, 0.2) is 52.9 Å². The highest BCUT2D eigenvalue weighted by molar-refractivity contribution is 9.10. The van der Waals surface area contributed by atoms with Gasteiger partial charge in [-0.2, -0.15) is 15.2 Å². The number of piperazine rings is 1. The quantitative estimate of drug-likeness (QED) is 0.330. The summed E-state index contributed by atoms with van der Waals surface area (Å²) < 4.78 is 21.2. The number of nitrogens with zero attached hydrogens (tertiary/aromatic N) is 7. The van der Waals surface area contributed by atoms with Crippen LogP contribution < -0.4 is 14.5 Å². The molecule has 10 heteroatoms. The maximum atomic E-state index is 13.8. The lowest BCUT2D eigenvalue weighted by Gasteiger charge is -2.42. The Morgan fingerprint density at radius 2 is 1.95 bits per heavy atom. The molecule has 3 aliphatic heterocycles. The first-order valence-electron chi connectivity index (χ1n) is 14.8. The summed E-state index contributed by atoms with van der Waals surface area (Å²) in [5.74, 6) is 0.635. The summed E-state index contributed by atoms with van der Waals surface area (Å²) in [6.45, 7) is 6.45. The van der Waals surface area contributed by atoms with Gasteiger partial charge < -0.3 is 24.3 Å². The number of likely N-dealkylation sites (N-methyl/N-ethyl adjacent to an activating group) is 1. The lowest BCUT2D eigenvalue weighted by molar-refractivity contribution is 0.187. The van der Waals surface area contributed by atoms with E-state index in [4.69, 9.17) is 14.7 Å². The Bertz CT molecular complexity index is 1520. The fourth-order valence-electron chi connectivity index (χ4n) is 6.57. The van der Waals surface area contributed by atoms with Gasteiger partial charge in [-0.3, -0.25) is 0 Å². The van der Waals surface area contributed by atoms with E-state index in [0.717, 1.165) is 47.5 Å². The van der Waals surface area contributed by atoms with E-state index in [1.807, 2.05) is 4.90 Å². The van der Waals surface area contributed by atoms with Crippen LogP contribution in [0.5, 0.6) is 6.01 Å². The van der Waals surface area contributed by atoms with Crippen molar-refractivity contribution in [3.05, 3.63) is 64.2 Å². The second-order valence-electron chi connectivity index (χ2n) is 11.5. The molecule has 0 bridgehead atoms. The first kappa shape index (κ1) is 28.7. The van der Waals surface area contributed by atoms with Gasteiger partial charge in [0.1, 0.15) is 18.3 Å². The van der Waals surface area contributed by atoms with Gasteiger partial charge in [0.05, 0.1) is 30.8 Å². The highest BCUT2D eigenvalue weighted by Crippen LogP contribution is 2.37. The molecular formula is C32H37BrFN7O. The van der Waals surface area contributed by atoms with E-state index in [-0.39, 0.29) is 11.9 Å². The summed E-state index contributed by atoms with van der Waals surface area (Å²) in [7, 11) is 2.14. The molecule has 42 heavy (non-hydrogen) atoms. The third kappa shape index (κ3) is 5.90. The standard InChI is InChI=1S/C32H37BrFN7O/c1-22(34)18-39-16-17-41(19-24(39)11-13-35)31-26-12-15-40(29-10-4-7-23-6-3-9-27(33)30(23)29)20-28(26)36-32(37-31)42-21-25-8-5-14-38(25)2/h3-4,6-7,9-10,18,24-25H,5,8,11-12,14-17,19-21H2,1-2H3. The molecule has 2 unspecified atom stereocenters. The van der Waals surface area contributed by atoms with Crippen LogP contribution in [0.1, 0.15) is 37.4 Å². The van der Waals surface area contributed by atoms with Gasteiger partial charge in [0.15, 0.2) is 0 Å². The number of halogens is 2. The summed E-state index contributed by atoms with van der Waals surface area (Å²) >= 11 is 3.78. The van der Waals surface area contributed by atoms with Crippen LogP contribution >= 0.6 is 15.9 Å². The molecule has 0 saturated carbocycles. The van der Waals surface area contributed by atoms with Gasteiger partial charge in [0.2, 0.25) is 0 Å². The molecule has 3 aliphatic rings. The van der Waals surface area contributed by atoms with Crippen LogP contribution in [-0.4, -0.2) is 78.2 Å². The second-order valence-corrected chi connectivity index (χ2v) is 12.4. The Morgan fingerprint density at radius 1 is 1.12 bits per heavy atom. The zero-order valence-corrected chi connectivity index (χ0v) is 25.9. The average Bonchev–Trinajstić information content (AvgIpc) is 3.40. The van der Waals surface area contributed by atoms with E-state index in [9.17, 15) is 9.65 Å². The molecule has 2 saturated heterocycles. The first-order valence-corrected chi connectivity index (χ1v) is 15.6. The zero-order chi connectivity index (χ0) is 29.2. The average molecular weight is 635 g/mol. The number of nitriles is 1. The topological polar surface area (TPSA) is 71.8 Å². The summed E-state index contributed by atoms with van der Waals surface area (Å²) in [6.07, 6.45) is 4.92.